The van der Waals surface area contributed by atoms with Crippen LogP contribution in [0.4, 0.5) is 11.4 Å². The van der Waals surface area contributed by atoms with Crippen molar-refractivity contribution in [1.82, 2.24) is 0 Å². The molecular formula is C27H26N2O3. The third-order valence-electron chi connectivity index (χ3n) is 5.69. The predicted octanol–water partition coefficient (Wildman–Crippen LogP) is 5.33. The molecule has 0 atom stereocenters. The molecule has 1 aliphatic rings. The zero-order valence-corrected chi connectivity index (χ0v) is 18.9. The van der Waals surface area contributed by atoms with Crippen molar-refractivity contribution >= 4 is 28.8 Å². The van der Waals surface area contributed by atoms with E-state index in [1.165, 1.54) is 4.90 Å². The highest BCUT2D eigenvalue weighted by Gasteiger charge is 2.41. The number of ether oxygens (including phenoxy) is 1. The number of methoxy groups -OCH3 is 1. The number of aryl methyl sites for hydroxylation is 4. The standard InChI is InChI=1S/C27H26N2O3/c1-16-10-12-20(18(3)14-16)24-25(28-21-8-6-7-9-23(21)32-5)27(31)29(26(24)30)22-13-11-17(2)15-19(22)4/h6-15,28H,1-5H3. The van der Waals surface area contributed by atoms with Crippen LogP contribution in [0.1, 0.15) is 27.8 Å². The number of hydrogen-bond acceptors (Lipinski definition) is 4. The summed E-state index contributed by atoms with van der Waals surface area (Å²) in [5.41, 5.74) is 6.51. The lowest BCUT2D eigenvalue weighted by atomic mass is 9.97. The Balaban J connectivity index is 1.89. The smallest absolute Gasteiger partial charge is 0.282 e. The molecule has 3 aromatic carbocycles. The molecule has 0 fully saturated rings. The number of imide groups is 1. The summed E-state index contributed by atoms with van der Waals surface area (Å²) in [5, 5.41) is 3.20. The van der Waals surface area contributed by atoms with Crippen molar-refractivity contribution in [2.45, 2.75) is 27.7 Å². The van der Waals surface area contributed by atoms with Crippen molar-refractivity contribution in [1.29, 1.82) is 0 Å². The summed E-state index contributed by atoms with van der Waals surface area (Å²) in [6, 6.07) is 18.9. The zero-order chi connectivity index (χ0) is 23.0. The fraction of sp³-hybridized carbons (Fsp3) is 0.185. The first kappa shape index (κ1) is 21.4. The molecule has 2 amide bonds. The molecule has 0 aromatic heterocycles. The maximum absolute atomic E-state index is 13.7. The fourth-order valence-corrected chi connectivity index (χ4v) is 4.15. The van der Waals surface area contributed by atoms with Gasteiger partial charge >= 0.3 is 0 Å². The van der Waals surface area contributed by atoms with Crippen LogP contribution in [0.5, 0.6) is 5.75 Å². The summed E-state index contributed by atoms with van der Waals surface area (Å²) < 4.78 is 5.45. The number of benzene rings is 3. The number of nitrogens with zero attached hydrogens (tertiary/aromatic N) is 1. The van der Waals surface area contributed by atoms with Gasteiger partial charge in [-0.3, -0.25) is 9.59 Å². The highest BCUT2D eigenvalue weighted by molar-refractivity contribution is 6.46. The molecule has 4 rings (SSSR count). The van der Waals surface area contributed by atoms with Gasteiger partial charge in [0, 0.05) is 0 Å². The molecule has 32 heavy (non-hydrogen) atoms. The number of para-hydroxylation sites is 2. The lowest BCUT2D eigenvalue weighted by molar-refractivity contribution is -0.120. The summed E-state index contributed by atoms with van der Waals surface area (Å²) in [7, 11) is 1.57. The molecule has 162 valence electrons. The van der Waals surface area contributed by atoms with Gasteiger partial charge in [-0.15, -0.1) is 0 Å². The number of carbonyl (C=O) groups is 2. The summed E-state index contributed by atoms with van der Waals surface area (Å²) in [5.74, 6) is -0.140. The molecule has 1 heterocycles. The number of rotatable bonds is 5. The number of carbonyl (C=O) groups excluding carboxylic acids is 2. The van der Waals surface area contributed by atoms with E-state index >= 15 is 0 Å². The number of nitrogens with one attached hydrogen (secondary N) is 1. The largest absolute Gasteiger partial charge is 0.495 e. The number of amides is 2. The van der Waals surface area contributed by atoms with Crippen LogP contribution in [0.3, 0.4) is 0 Å². The van der Waals surface area contributed by atoms with Gasteiger partial charge in [0.25, 0.3) is 11.8 Å². The third kappa shape index (κ3) is 3.66. The van der Waals surface area contributed by atoms with Gasteiger partial charge in [0.15, 0.2) is 0 Å². The van der Waals surface area contributed by atoms with E-state index in [0.717, 1.165) is 27.8 Å². The second kappa shape index (κ2) is 8.35. The van der Waals surface area contributed by atoms with Crippen molar-refractivity contribution in [2.24, 2.45) is 0 Å². The zero-order valence-electron chi connectivity index (χ0n) is 18.9. The van der Waals surface area contributed by atoms with Gasteiger partial charge in [-0.2, -0.15) is 0 Å². The SMILES string of the molecule is COc1ccccc1NC1=C(c2ccc(C)cc2C)C(=O)N(c2ccc(C)cc2C)C1=O. The van der Waals surface area contributed by atoms with E-state index in [1.807, 2.05) is 88.4 Å². The lowest BCUT2D eigenvalue weighted by Crippen LogP contribution is -2.33. The van der Waals surface area contributed by atoms with Crippen molar-refractivity contribution in [3.05, 3.63) is 94.2 Å². The van der Waals surface area contributed by atoms with Crippen LogP contribution in [-0.2, 0) is 9.59 Å². The average molecular weight is 427 g/mol. The Morgan fingerprint density at radius 1 is 0.781 bits per heavy atom. The molecule has 5 heteroatoms. The summed E-state index contributed by atoms with van der Waals surface area (Å²) >= 11 is 0. The minimum Gasteiger partial charge on any atom is -0.495 e. The minimum atomic E-state index is -0.386. The van der Waals surface area contributed by atoms with Gasteiger partial charge in [-0.1, -0.05) is 53.6 Å². The number of hydrogen-bond donors (Lipinski definition) is 1. The van der Waals surface area contributed by atoms with Crippen molar-refractivity contribution in [2.75, 3.05) is 17.3 Å². The van der Waals surface area contributed by atoms with E-state index in [2.05, 4.69) is 5.32 Å². The van der Waals surface area contributed by atoms with Gasteiger partial charge in [-0.25, -0.2) is 4.90 Å². The number of anilines is 2. The van der Waals surface area contributed by atoms with Crippen LogP contribution in [0.25, 0.3) is 5.57 Å². The molecule has 5 nitrogen and oxygen atoms in total. The van der Waals surface area contributed by atoms with Gasteiger partial charge in [0.2, 0.25) is 0 Å². The highest BCUT2D eigenvalue weighted by Crippen LogP contribution is 2.37. The quantitative estimate of drug-likeness (QED) is 0.561. The van der Waals surface area contributed by atoms with Gasteiger partial charge in [0.05, 0.1) is 24.1 Å². The maximum Gasteiger partial charge on any atom is 0.282 e. The Morgan fingerprint density at radius 3 is 2.09 bits per heavy atom. The van der Waals surface area contributed by atoms with Gasteiger partial charge in [0.1, 0.15) is 11.4 Å². The molecule has 0 saturated carbocycles. The van der Waals surface area contributed by atoms with Crippen LogP contribution >= 0.6 is 0 Å². The first-order valence-electron chi connectivity index (χ1n) is 10.5. The average Bonchev–Trinajstić information content (AvgIpc) is 2.99. The van der Waals surface area contributed by atoms with Crippen LogP contribution in [0, 0.1) is 27.7 Å². The van der Waals surface area contributed by atoms with E-state index < -0.39 is 0 Å². The minimum absolute atomic E-state index is 0.242. The van der Waals surface area contributed by atoms with E-state index in [0.29, 0.717) is 22.7 Å². The fourth-order valence-electron chi connectivity index (χ4n) is 4.15. The van der Waals surface area contributed by atoms with Crippen LogP contribution in [-0.4, -0.2) is 18.9 Å². The maximum atomic E-state index is 13.7. The first-order valence-corrected chi connectivity index (χ1v) is 10.5. The molecule has 1 aliphatic heterocycles. The Morgan fingerprint density at radius 2 is 1.44 bits per heavy atom. The highest BCUT2D eigenvalue weighted by atomic mass is 16.5. The van der Waals surface area contributed by atoms with Gasteiger partial charge in [-0.05, 0) is 62.6 Å². The Labute approximate surface area is 188 Å². The van der Waals surface area contributed by atoms with Crippen LogP contribution in [0.2, 0.25) is 0 Å². The second-order valence-corrected chi connectivity index (χ2v) is 8.13. The molecule has 0 unspecified atom stereocenters. The summed E-state index contributed by atoms with van der Waals surface area (Å²) in [6.07, 6.45) is 0. The van der Waals surface area contributed by atoms with Crippen LogP contribution in [0.15, 0.2) is 66.4 Å². The monoisotopic (exact) mass is 426 g/mol. The van der Waals surface area contributed by atoms with E-state index in [-0.39, 0.29) is 17.5 Å². The molecule has 0 spiro atoms. The summed E-state index contributed by atoms with van der Waals surface area (Å²) in [4.78, 5) is 28.7. The van der Waals surface area contributed by atoms with E-state index in [4.69, 9.17) is 4.74 Å². The van der Waals surface area contributed by atoms with Crippen molar-refractivity contribution in [3.8, 4) is 5.75 Å². The van der Waals surface area contributed by atoms with Crippen molar-refractivity contribution in [3.63, 3.8) is 0 Å². The Kier molecular flexibility index (Phi) is 5.57. The molecule has 0 bridgehead atoms. The topological polar surface area (TPSA) is 58.6 Å². The molecule has 0 saturated heterocycles. The van der Waals surface area contributed by atoms with E-state index in [9.17, 15) is 9.59 Å². The first-order chi connectivity index (χ1) is 15.3. The predicted molar refractivity (Wildman–Crippen MR) is 128 cm³/mol. The van der Waals surface area contributed by atoms with Crippen molar-refractivity contribution < 1.29 is 14.3 Å². The molecule has 0 aliphatic carbocycles. The Hall–Kier alpha value is -3.86. The van der Waals surface area contributed by atoms with Gasteiger partial charge < -0.3 is 10.1 Å². The van der Waals surface area contributed by atoms with Crippen LogP contribution < -0.4 is 15.0 Å². The molecular weight excluding hydrogens is 400 g/mol. The summed E-state index contributed by atoms with van der Waals surface area (Å²) in [6.45, 7) is 7.85. The van der Waals surface area contributed by atoms with E-state index in [1.54, 1.807) is 7.11 Å². The second-order valence-electron chi connectivity index (χ2n) is 8.13. The normalized spacial score (nSPS) is 13.7. The molecule has 1 N–H and O–H groups in total. The Bertz CT molecular complexity index is 1270. The third-order valence-corrected chi connectivity index (χ3v) is 5.69. The molecule has 0 radical (unpaired) electrons. The molecule has 3 aromatic rings. The lowest BCUT2D eigenvalue weighted by Gasteiger charge is -2.18.